The molecule has 1 atom stereocenters. The number of carbonyl (C=O) groups excluding carboxylic acids is 5. The van der Waals surface area contributed by atoms with Gasteiger partial charge < -0.3 is 19.4 Å². The van der Waals surface area contributed by atoms with Gasteiger partial charge in [-0.3, -0.25) is 24.2 Å². The fourth-order valence-corrected chi connectivity index (χ4v) is 5.03. The molecule has 0 radical (unpaired) electrons. The van der Waals surface area contributed by atoms with Crippen LogP contribution in [0.25, 0.3) is 0 Å². The van der Waals surface area contributed by atoms with Crippen LogP contribution < -0.4 is 4.90 Å². The van der Waals surface area contributed by atoms with E-state index in [0.29, 0.717) is 29.6 Å². The molecule has 176 valence electrons. The van der Waals surface area contributed by atoms with Gasteiger partial charge in [-0.05, 0) is 43.4 Å². The van der Waals surface area contributed by atoms with Gasteiger partial charge in [-0.2, -0.15) is 0 Å². The lowest BCUT2D eigenvalue weighted by molar-refractivity contribution is -0.119. The largest absolute Gasteiger partial charge is 0.371 e. The van der Waals surface area contributed by atoms with Gasteiger partial charge in [0.25, 0.3) is 11.8 Å². The smallest absolute Gasteiger partial charge is 0.262 e. The van der Waals surface area contributed by atoms with Gasteiger partial charge in [0.05, 0.1) is 17.2 Å². The summed E-state index contributed by atoms with van der Waals surface area (Å²) in [7, 11) is 0. The number of nitrogens with zero attached hydrogens (tertiary/aromatic N) is 4. The molecular weight excluding hydrogens is 424 g/mol. The minimum Gasteiger partial charge on any atom is -0.371 e. The predicted octanol–water partition coefficient (Wildman–Crippen LogP) is 0.820. The van der Waals surface area contributed by atoms with Crippen LogP contribution in [0.4, 0.5) is 5.69 Å². The quantitative estimate of drug-likeness (QED) is 0.402. The van der Waals surface area contributed by atoms with E-state index in [0.717, 1.165) is 75.7 Å². The number of piperidine rings is 1. The molecule has 0 bridgehead atoms. The molecule has 9 nitrogen and oxygen atoms in total. The molecule has 33 heavy (non-hydrogen) atoms. The van der Waals surface area contributed by atoms with E-state index in [1.807, 2.05) is 11.0 Å². The third-order valence-corrected chi connectivity index (χ3v) is 7.02. The zero-order chi connectivity index (χ0) is 23.4. The highest BCUT2D eigenvalue weighted by Crippen LogP contribution is 2.31. The van der Waals surface area contributed by atoms with Crippen molar-refractivity contribution in [3.63, 3.8) is 0 Å². The molecule has 3 aliphatic heterocycles. The molecule has 1 aromatic carbocycles. The van der Waals surface area contributed by atoms with E-state index < -0.39 is 17.9 Å². The van der Waals surface area contributed by atoms with Gasteiger partial charge in [-0.25, -0.2) is 0 Å². The summed E-state index contributed by atoms with van der Waals surface area (Å²) in [6.45, 7) is 6.22. The monoisotopic (exact) mass is 454 g/mol. The molecule has 0 aromatic heterocycles. The number of aldehydes is 2. The molecule has 0 spiro atoms. The Morgan fingerprint density at radius 1 is 0.909 bits per heavy atom. The van der Waals surface area contributed by atoms with Crippen LogP contribution in [0, 0.1) is 5.92 Å². The Hall–Kier alpha value is -3.07. The van der Waals surface area contributed by atoms with Crippen molar-refractivity contribution in [1.29, 1.82) is 0 Å². The summed E-state index contributed by atoms with van der Waals surface area (Å²) >= 11 is 0. The first-order valence-electron chi connectivity index (χ1n) is 11.6. The van der Waals surface area contributed by atoms with Gasteiger partial charge in [0.2, 0.25) is 6.41 Å². The lowest BCUT2D eigenvalue weighted by Crippen LogP contribution is -2.48. The number of fused-ring (bicyclic) bond motifs is 1. The first kappa shape index (κ1) is 23.1. The molecule has 1 aromatic rings. The highest BCUT2D eigenvalue weighted by Gasteiger charge is 2.40. The predicted molar refractivity (Wildman–Crippen MR) is 121 cm³/mol. The normalized spacial score (nSPS) is 20.7. The van der Waals surface area contributed by atoms with Crippen LogP contribution in [-0.2, 0) is 14.4 Å². The zero-order valence-corrected chi connectivity index (χ0v) is 18.7. The SMILES string of the molecule is O=CCCC(C=O)N1C(=O)c2ccc(N3CCC(CN4CCN(C=O)CC4)CC3)cc2C1=O. The maximum Gasteiger partial charge on any atom is 0.262 e. The number of benzene rings is 1. The molecule has 3 heterocycles. The van der Waals surface area contributed by atoms with Crippen LogP contribution in [0.2, 0.25) is 0 Å². The van der Waals surface area contributed by atoms with E-state index in [2.05, 4.69) is 9.80 Å². The van der Waals surface area contributed by atoms with Crippen molar-refractivity contribution in [3.05, 3.63) is 29.3 Å². The number of hydrogen-bond acceptors (Lipinski definition) is 7. The Labute approximate surface area is 193 Å². The minimum atomic E-state index is -0.921. The molecule has 4 rings (SSSR count). The summed E-state index contributed by atoms with van der Waals surface area (Å²) in [5.41, 5.74) is 1.54. The van der Waals surface area contributed by atoms with E-state index >= 15 is 0 Å². The van der Waals surface area contributed by atoms with Crippen molar-refractivity contribution >= 4 is 36.5 Å². The van der Waals surface area contributed by atoms with Gasteiger partial charge in [0.1, 0.15) is 12.6 Å². The average Bonchev–Trinajstić information content (AvgIpc) is 3.10. The molecule has 9 heteroatoms. The Morgan fingerprint density at radius 2 is 1.61 bits per heavy atom. The van der Waals surface area contributed by atoms with Gasteiger partial charge in [0, 0.05) is 57.9 Å². The van der Waals surface area contributed by atoms with Crippen LogP contribution in [0.15, 0.2) is 18.2 Å². The third-order valence-electron chi connectivity index (χ3n) is 7.02. The molecular formula is C24H30N4O5. The summed E-state index contributed by atoms with van der Waals surface area (Å²) in [6, 6.07) is 4.38. The lowest BCUT2D eigenvalue weighted by Gasteiger charge is -2.38. The van der Waals surface area contributed by atoms with E-state index in [-0.39, 0.29) is 12.8 Å². The highest BCUT2D eigenvalue weighted by molar-refractivity contribution is 6.22. The van der Waals surface area contributed by atoms with Crippen molar-refractivity contribution in [1.82, 2.24) is 14.7 Å². The number of imide groups is 1. The van der Waals surface area contributed by atoms with Crippen LogP contribution in [0.3, 0.4) is 0 Å². The second-order valence-electron chi connectivity index (χ2n) is 9.03. The maximum atomic E-state index is 12.9. The first-order valence-corrected chi connectivity index (χ1v) is 11.6. The molecule has 0 saturated carbocycles. The molecule has 3 aliphatic rings. The van der Waals surface area contributed by atoms with Gasteiger partial charge in [0.15, 0.2) is 0 Å². The van der Waals surface area contributed by atoms with Crippen molar-refractivity contribution < 1.29 is 24.0 Å². The van der Waals surface area contributed by atoms with Crippen molar-refractivity contribution in [2.75, 3.05) is 50.7 Å². The minimum absolute atomic E-state index is 0.115. The number of amides is 3. The third kappa shape index (κ3) is 4.83. The van der Waals surface area contributed by atoms with Crippen LogP contribution in [-0.4, -0.2) is 97.4 Å². The first-order chi connectivity index (χ1) is 16.0. The highest BCUT2D eigenvalue weighted by atomic mass is 16.2. The van der Waals surface area contributed by atoms with Crippen molar-refractivity contribution in [3.8, 4) is 0 Å². The number of rotatable bonds is 9. The molecule has 1 unspecified atom stereocenters. The van der Waals surface area contributed by atoms with Gasteiger partial charge in [-0.1, -0.05) is 0 Å². The van der Waals surface area contributed by atoms with Gasteiger partial charge in [-0.15, -0.1) is 0 Å². The standard InChI is InChI=1S/C24H30N4O5/c29-13-1-2-20(16-30)28-23(32)21-4-3-19(14-22(21)24(28)33)27-7-5-18(6-8-27)15-25-9-11-26(17-31)12-10-25/h3-4,13-14,16-18,20H,1-2,5-12,15H2. The fourth-order valence-electron chi connectivity index (χ4n) is 5.03. The molecule has 2 fully saturated rings. The Kier molecular flexibility index (Phi) is 7.17. The Balaban J connectivity index is 1.36. The summed E-state index contributed by atoms with van der Waals surface area (Å²) in [5, 5.41) is 0. The summed E-state index contributed by atoms with van der Waals surface area (Å²) < 4.78 is 0. The number of carbonyl (C=O) groups is 5. The number of piperazine rings is 1. The van der Waals surface area contributed by atoms with Crippen LogP contribution in [0.1, 0.15) is 46.4 Å². The second-order valence-corrected chi connectivity index (χ2v) is 9.03. The summed E-state index contributed by atoms with van der Waals surface area (Å²) in [6.07, 6.45) is 4.52. The topological polar surface area (TPSA) is 98.3 Å². The lowest BCUT2D eigenvalue weighted by atomic mass is 9.95. The Morgan fingerprint density at radius 3 is 2.24 bits per heavy atom. The molecule has 3 amide bonds. The van der Waals surface area contributed by atoms with E-state index in [9.17, 15) is 24.0 Å². The van der Waals surface area contributed by atoms with Crippen molar-refractivity contribution in [2.45, 2.75) is 31.7 Å². The zero-order valence-electron chi connectivity index (χ0n) is 18.7. The second kappa shape index (κ2) is 10.2. The molecule has 2 saturated heterocycles. The summed E-state index contributed by atoms with van der Waals surface area (Å²) in [5.74, 6) is -0.342. The van der Waals surface area contributed by atoms with Crippen LogP contribution in [0.5, 0.6) is 0 Å². The molecule has 0 N–H and O–H groups in total. The molecule has 0 aliphatic carbocycles. The van der Waals surface area contributed by atoms with Gasteiger partial charge >= 0.3 is 0 Å². The van der Waals surface area contributed by atoms with E-state index in [1.54, 1.807) is 12.1 Å². The summed E-state index contributed by atoms with van der Waals surface area (Å²) in [4.78, 5) is 66.2. The van der Waals surface area contributed by atoms with E-state index in [4.69, 9.17) is 0 Å². The fraction of sp³-hybridized carbons (Fsp3) is 0.542. The number of hydrogen-bond donors (Lipinski definition) is 0. The van der Waals surface area contributed by atoms with E-state index in [1.165, 1.54) is 0 Å². The maximum absolute atomic E-state index is 12.9. The number of anilines is 1. The van der Waals surface area contributed by atoms with Crippen molar-refractivity contribution in [2.24, 2.45) is 5.92 Å². The average molecular weight is 455 g/mol. The van der Waals surface area contributed by atoms with Crippen LogP contribution >= 0.6 is 0 Å². The Bertz CT molecular complexity index is 919.